The summed E-state index contributed by atoms with van der Waals surface area (Å²) in [5.74, 6) is 0.409. The van der Waals surface area contributed by atoms with Crippen LogP contribution in [0.1, 0.15) is 37.8 Å². The number of hydrogen-bond donors (Lipinski definition) is 2. The molecule has 7 heteroatoms. The zero-order valence-electron chi connectivity index (χ0n) is 15.2. The van der Waals surface area contributed by atoms with Crippen molar-refractivity contribution in [2.24, 2.45) is 5.92 Å². The van der Waals surface area contributed by atoms with Gasteiger partial charge >= 0.3 is 0 Å². The smallest absolute Gasteiger partial charge is 0.220 e. The summed E-state index contributed by atoms with van der Waals surface area (Å²) in [4.78, 5) is 12.2. The van der Waals surface area contributed by atoms with Crippen LogP contribution in [-0.4, -0.2) is 34.3 Å². The molecule has 0 saturated carbocycles. The minimum Gasteiger partial charge on any atom is -0.356 e. The highest BCUT2D eigenvalue weighted by Gasteiger charge is 2.34. The molecular weight excluding hydrogens is 367 g/mol. The van der Waals surface area contributed by atoms with E-state index in [1.165, 1.54) is 25.0 Å². The predicted octanol–water partition coefficient (Wildman–Crippen LogP) is 3.01. The summed E-state index contributed by atoms with van der Waals surface area (Å²) in [5.41, 5.74) is 1.73. The third-order valence-corrected chi connectivity index (χ3v) is 5.48. The average Bonchev–Trinajstić information content (AvgIpc) is 3.22. The van der Waals surface area contributed by atoms with Crippen LogP contribution in [0.3, 0.4) is 0 Å². The lowest BCUT2D eigenvalue weighted by Crippen LogP contribution is -2.39. The number of nitrogens with zero attached hydrogens (tertiary/aromatic N) is 2. The largest absolute Gasteiger partial charge is 0.356 e. The molecule has 2 N–H and O–H groups in total. The van der Waals surface area contributed by atoms with Crippen LogP contribution in [0.5, 0.6) is 0 Å². The van der Waals surface area contributed by atoms with E-state index in [1.54, 1.807) is 16.8 Å². The second-order valence-corrected chi connectivity index (χ2v) is 7.51. The maximum absolute atomic E-state index is 13.0. The van der Waals surface area contributed by atoms with Crippen molar-refractivity contribution >= 4 is 18.3 Å². The van der Waals surface area contributed by atoms with Gasteiger partial charge in [0.2, 0.25) is 5.91 Å². The van der Waals surface area contributed by atoms with Crippen molar-refractivity contribution in [1.82, 2.24) is 20.4 Å². The van der Waals surface area contributed by atoms with Gasteiger partial charge in [-0.1, -0.05) is 0 Å². The van der Waals surface area contributed by atoms with E-state index < -0.39 is 0 Å². The second-order valence-electron chi connectivity index (χ2n) is 7.51. The Morgan fingerprint density at radius 2 is 1.89 bits per heavy atom. The highest BCUT2D eigenvalue weighted by atomic mass is 35.5. The Labute approximate surface area is 165 Å². The predicted molar refractivity (Wildman–Crippen MR) is 105 cm³/mol. The Morgan fingerprint density at radius 3 is 2.59 bits per heavy atom. The maximum atomic E-state index is 13.0. The van der Waals surface area contributed by atoms with Crippen LogP contribution < -0.4 is 10.6 Å². The van der Waals surface area contributed by atoms with Crippen molar-refractivity contribution in [3.05, 3.63) is 48.0 Å². The maximum Gasteiger partial charge on any atom is 0.220 e. The molecule has 0 radical (unpaired) electrons. The van der Waals surface area contributed by atoms with Gasteiger partial charge in [0.25, 0.3) is 0 Å². The number of carbonyl (C=O) groups excluding carboxylic acids is 1. The van der Waals surface area contributed by atoms with Crippen molar-refractivity contribution in [2.45, 2.75) is 50.6 Å². The zero-order chi connectivity index (χ0) is 17.9. The van der Waals surface area contributed by atoms with Crippen molar-refractivity contribution in [3.8, 4) is 5.69 Å². The zero-order valence-corrected chi connectivity index (χ0v) is 16.1. The number of rotatable bonds is 6. The van der Waals surface area contributed by atoms with Gasteiger partial charge in [-0.05, 0) is 61.9 Å². The van der Waals surface area contributed by atoms with E-state index >= 15 is 0 Å². The highest BCUT2D eigenvalue weighted by Crippen LogP contribution is 2.32. The molecule has 2 aliphatic rings. The summed E-state index contributed by atoms with van der Waals surface area (Å²) < 4.78 is 14.7. The number of nitrogens with one attached hydrogen (secondary N) is 2. The first-order valence-electron chi connectivity index (χ1n) is 9.49. The Balaban J connectivity index is 0.00000210. The molecule has 2 unspecified atom stereocenters. The van der Waals surface area contributed by atoms with Crippen LogP contribution in [-0.2, 0) is 11.2 Å². The van der Waals surface area contributed by atoms with Crippen LogP contribution in [0.4, 0.5) is 4.39 Å². The molecule has 2 aliphatic heterocycles. The van der Waals surface area contributed by atoms with E-state index in [4.69, 9.17) is 0 Å². The van der Waals surface area contributed by atoms with Gasteiger partial charge < -0.3 is 10.6 Å². The third kappa shape index (κ3) is 5.08. The Hall–Kier alpha value is -1.92. The van der Waals surface area contributed by atoms with Crippen LogP contribution in [0.25, 0.3) is 5.69 Å². The number of halogens is 2. The molecule has 27 heavy (non-hydrogen) atoms. The van der Waals surface area contributed by atoms with Gasteiger partial charge in [-0.2, -0.15) is 5.10 Å². The molecule has 2 saturated heterocycles. The molecule has 1 aromatic carbocycles. The number of piperidine rings is 1. The molecule has 1 aromatic heterocycles. The van der Waals surface area contributed by atoms with Crippen LogP contribution in [0.15, 0.2) is 36.5 Å². The number of aromatic nitrogens is 2. The molecule has 4 rings (SSSR count). The summed E-state index contributed by atoms with van der Waals surface area (Å²) in [5, 5.41) is 11.1. The third-order valence-electron chi connectivity index (χ3n) is 5.48. The van der Waals surface area contributed by atoms with Gasteiger partial charge in [0.05, 0.1) is 11.4 Å². The lowest BCUT2D eigenvalue weighted by molar-refractivity contribution is -0.122. The Bertz CT molecular complexity index is 752. The Morgan fingerprint density at radius 1 is 1.19 bits per heavy atom. The van der Waals surface area contributed by atoms with Gasteiger partial charge in [0.15, 0.2) is 0 Å². The molecule has 5 nitrogen and oxygen atoms in total. The summed E-state index contributed by atoms with van der Waals surface area (Å²) >= 11 is 0. The minimum absolute atomic E-state index is 0. The number of hydrogen-bond acceptors (Lipinski definition) is 3. The van der Waals surface area contributed by atoms with E-state index in [0.717, 1.165) is 24.2 Å². The lowest BCUT2D eigenvalue weighted by Gasteiger charge is -2.28. The van der Waals surface area contributed by atoms with Gasteiger partial charge in [0.1, 0.15) is 5.82 Å². The fraction of sp³-hybridized carbons (Fsp3) is 0.500. The molecule has 0 spiro atoms. The molecule has 2 fully saturated rings. The molecule has 2 aromatic rings. The van der Waals surface area contributed by atoms with E-state index in [0.29, 0.717) is 37.4 Å². The molecule has 2 bridgehead atoms. The summed E-state index contributed by atoms with van der Waals surface area (Å²) in [6.07, 6.45) is 7.97. The number of benzene rings is 1. The van der Waals surface area contributed by atoms with Crippen molar-refractivity contribution in [2.75, 3.05) is 6.54 Å². The summed E-state index contributed by atoms with van der Waals surface area (Å²) in [6, 6.07) is 9.41. The molecule has 2 atom stereocenters. The number of carbonyl (C=O) groups is 1. The number of fused-ring (bicyclic) bond motifs is 2. The highest BCUT2D eigenvalue weighted by molar-refractivity contribution is 5.85. The fourth-order valence-corrected chi connectivity index (χ4v) is 4.24. The van der Waals surface area contributed by atoms with Crippen molar-refractivity contribution in [3.63, 3.8) is 0 Å². The normalized spacial score (nSPS) is 23.7. The van der Waals surface area contributed by atoms with E-state index in [9.17, 15) is 9.18 Å². The van der Waals surface area contributed by atoms with E-state index in [-0.39, 0.29) is 24.1 Å². The molecule has 3 heterocycles. The van der Waals surface area contributed by atoms with Gasteiger partial charge in [-0.15, -0.1) is 12.4 Å². The lowest BCUT2D eigenvalue weighted by atomic mass is 9.89. The second kappa shape index (κ2) is 8.85. The molecule has 146 valence electrons. The van der Waals surface area contributed by atoms with Crippen molar-refractivity contribution < 1.29 is 9.18 Å². The van der Waals surface area contributed by atoms with Gasteiger partial charge in [-0.25, -0.2) is 9.07 Å². The monoisotopic (exact) mass is 392 g/mol. The first-order valence-corrected chi connectivity index (χ1v) is 9.49. The van der Waals surface area contributed by atoms with E-state index in [2.05, 4.69) is 15.7 Å². The van der Waals surface area contributed by atoms with Gasteiger partial charge in [0, 0.05) is 37.7 Å². The fourth-order valence-electron chi connectivity index (χ4n) is 4.24. The first kappa shape index (κ1) is 19.8. The SMILES string of the molecule is Cl.O=C(CC1CC2CCC(C1)N2)NCCc1ccn(-c2ccc(F)cc2)n1. The van der Waals surface area contributed by atoms with Crippen LogP contribution >= 0.6 is 12.4 Å². The van der Waals surface area contributed by atoms with Gasteiger partial charge in [-0.3, -0.25) is 4.79 Å². The Kier molecular flexibility index (Phi) is 6.50. The number of amides is 1. The average molecular weight is 393 g/mol. The first-order chi connectivity index (χ1) is 12.7. The summed E-state index contributed by atoms with van der Waals surface area (Å²) in [6.45, 7) is 0.594. The minimum atomic E-state index is -0.259. The molecule has 1 amide bonds. The van der Waals surface area contributed by atoms with E-state index in [1.807, 2.05) is 12.3 Å². The van der Waals surface area contributed by atoms with Crippen LogP contribution in [0.2, 0.25) is 0 Å². The standard InChI is InChI=1S/C20H25FN4O.ClH/c21-15-1-5-19(6-2-15)25-10-8-16(24-25)7-9-22-20(26)13-14-11-17-3-4-18(12-14)23-17;/h1-2,5-6,8,10,14,17-18,23H,3-4,7,9,11-13H2,(H,22,26);1H. The quantitative estimate of drug-likeness (QED) is 0.794. The van der Waals surface area contributed by atoms with Crippen molar-refractivity contribution in [1.29, 1.82) is 0 Å². The molecular formula is C20H26ClFN4O. The summed E-state index contributed by atoms with van der Waals surface area (Å²) in [7, 11) is 0. The van der Waals surface area contributed by atoms with Crippen LogP contribution in [0, 0.1) is 11.7 Å². The molecule has 0 aliphatic carbocycles. The topological polar surface area (TPSA) is 59.0 Å².